The smallest absolute Gasteiger partial charge is 0.119 e. The topological polar surface area (TPSA) is 68.2 Å². The maximum Gasteiger partial charge on any atom is 0.119 e. The van der Waals surface area contributed by atoms with Gasteiger partial charge in [0, 0.05) is 0 Å². The van der Waals surface area contributed by atoms with E-state index in [-0.39, 0.29) is 32.3 Å². The maximum absolute atomic E-state index is 10.1. The van der Waals surface area contributed by atoms with Gasteiger partial charge in [-0.2, -0.15) is 0 Å². The van der Waals surface area contributed by atoms with Crippen molar-refractivity contribution in [3.63, 3.8) is 0 Å². The highest BCUT2D eigenvalue weighted by Gasteiger charge is 2.45. The second-order valence-corrected chi connectivity index (χ2v) is 10.0. The van der Waals surface area contributed by atoms with Crippen LogP contribution in [0.4, 0.5) is 0 Å². The average Bonchev–Trinajstić information content (AvgIpc) is 3.31. The Morgan fingerprint density at radius 3 is 1.62 bits per heavy atom. The molecule has 0 bridgehead atoms. The number of benzene rings is 4. The van der Waals surface area contributed by atoms with Crippen molar-refractivity contribution >= 4 is 11.6 Å². The lowest BCUT2D eigenvalue weighted by Gasteiger charge is -2.34. The quantitative estimate of drug-likeness (QED) is 0.122. The molecule has 0 saturated carbocycles. The molecule has 0 heterocycles. The minimum absolute atomic E-state index is 0.0978. The van der Waals surface area contributed by atoms with Crippen LogP contribution in [0.3, 0.4) is 0 Å². The Morgan fingerprint density at radius 1 is 0.675 bits per heavy atom. The van der Waals surface area contributed by atoms with E-state index in [0.29, 0.717) is 11.5 Å². The number of terminal acetylenes is 1. The Kier molecular flexibility index (Phi) is 8.74. The fourth-order valence-corrected chi connectivity index (χ4v) is 5.45. The first kappa shape index (κ1) is 27.8. The van der Waals surface area contributed by atoms with Crippen molar-refractivity contribution in [2.24, 2.45) is 0 Å². The van der Waals surface area contributed by atoms with Gasteiger partial charge in [-0.15, -0.1) is 18.0 Å². The number of fused-ring (bicyclic) bond motifs is 3. The summed E-state index contributed by atoms with van der Waals surface area (Å²) in [5.41, 5.74) is 6.38. The van der Waals surface area contributed by atoms with E-state index in [1.807, 2.05) is 24.3 Å². The van der Waals surface area contributed by atoms with Gasteiger partial charge < -0.3 is 24.4 Å². The molecule has 0 fully saturated rings. The number of hydrogen-bond acceptors (Lipinski definition) is 5. The minimum atomic E-state index is -0.778. The summed E-state index contributed by atoms with van der Waals surface area (Å²) >= 11 is 5.72. The van der Waals surface area contributed by atoms with E-state index < -0.39 is 17.6 Å². The number of halogens is 1. The van der Waals surface area contributed by atoms with Crippen LogP contribution in [0.25, 0.3) is 11.1 Å². The molecule has 5 nitrogen and oxygen atoms in total. The fourth-order valence-electron chi connectivity index (χ4n) is 5.36. The molecule has 204 valence electrons. The van der Waals surface area contributed by atoms with E-state index in [1.165, 1.54) is 22.3 Å². The van der Waals surface area contributed by atoms with Gasteiger partial charge in [-0.05, 0) is 57.6 Å². The molecule has 0 radical (unpaired) electrons. The molecule has 0 saturated heterocycles. The summed E-state index contributed by atoms with van der Waals surface area (Å²) in [5.74, 6) is 3.81. The van der Waals surface area contributed by atoms with Gasteiger partial charge in [0.15, 0.2) is 0 Å². The summed E-state index contributed by atoms with van der Waals surface area (Å²) in [6.45, 7) is 0.495. The SMILES string of the molecule is C#CCOCC(O)COc1ccc(C2(c3ccc(OCC(O)CCl)cc3)c3ccccc3-c3ccccc32)cc1. The van der Waals surface area contributed by atoms with E-state index in [0.717, 1.165) is 11.1 Å². The monoisotopic (exact) mass is 554 g/mol. The normalized spacial score (nSPS) is 14.4. The number of rotatable bonds is 12. The third-order valence-corrected chi connectivity index (χ3v) is 7.44. The van der Waals surface area contributed by atoms with Gasteiger partial charge in [-0.3, -0.25) is 0 Å². The van der Waals surface area contributed by atoms with Crippen LogP contribution in [0.15, 0.2) is 97.1 Å². The van der Waals surface area contributed by atoms with Crippen molar-refractivity contribution in [2.45, 2.75) is 17.6 Å². The molecule has 2 atom stereocenters. The molecule has 2 N–H and O–H groups in total. The minimum Gasteiger partial charge on any atom is -0.491 e. The molecule has 1 aliphatic carbocycles. The molecular weight excluding hydrogens is 524 g/mol. The predicted octanol–water partition coefficient (Wildman–Crippen LogP) is 5.42. The predicted molar refractivity (Wildman–Crippen MR) is 157 cm³/mol. The fraction of sp³-hybridized carbons (Fsp3) is 0.235. The van der Waals surface area contributed by atoms with E-state index in [1.54, 1.807) is 0 Å². The zero-order chi connectivity index (χ0) is 28.0. The summed E-state index contributed by atoms with van der Waals surface area (Å²) in [5, 5.41) is 19.9. The highest BCUT2D eigenvalue weighted by Crippen LogP contribution is 2.56. The number of aliphatic hydroxyl groups excluding tert-OH is 2. The van der Waals surface area contributed by atoms with Crippen molar-refractivity contribution in [3.8, 4) is 35.0 Å². The van der Waals surface area contributed by atoms with Crippen LogP contribution in [-0.2, 0) is 10.2 Å². The molecule has 5 rings (SSSR count). The van der Waals surface area contributed by atoms with E-state index in [9.17, 15) is 10.2 Å². The average molecular weight is 555 g/mol. The molecule has 40 heavy (non-hydrogen) atoms. The number of aliphatic hydroxyl groups is 2. The van der Waals surface area contributed by atoms with Gasteiger partial charge in [-0.25, -0.2) is 0 Å². The summed E-state index contributed by atoms with van der Waals surface area (Å²) < 4.78 is 16.8. The molecule has 4 aromatic rings. The Morgan fingerprint density at radius 2 is 1.15 bits per heavy atom. The van der Waals surface area contributed by atoms with E-state index in [4.69, 9.17) is 32.2 Å². The van der Waals surface area contributed by atoms with Crippen molar-refractivity contribution in [1.29, 1.82) is 0 Å². The summed E-state index contributed by atoms with van der Waals surface area (Å²) in [4.78, 5) is 0. The Bertz CT molecular complexity index is 1410. The Hall–Kier alpha value is -3.79. The van der Waals surface area contributed by atoms with Gasteiger partial charge in [0.25, 0.3) is 0 Å². The van der Waals surface area contributed by atoms with Crippen molar-refractivity contribution in [1.82, 2.24) is 0 Å². The van der Waals surface area contributed by atoms with Gasteiger partial charge in [-0.1, -0.05) is 78.7 Å². The second-order valence-electron chi connectivity index (χ2n) is 9.69. The molecule has 6 heteroatoms. The molecule has 0 spiro atoms. The van der Waals surface area contributed by atoms with Crippen LogP contribution >= 0.6 is 11.6 Å². The maximum atomic E-state index is 10.1. The standard InChI is InChI=1S/C34H31ClO5/c1-2-19-38-21-27(37)23-40-29-17-13-25(14-18-29)34(24-11-15-28(16-12-24)39-22-26(36)20-35)32-9-5-3-7-30(32)31-8-4-6-10-33(31)34/h1,3-18,26-27,36-37H,19-23H2. The summed E-state index contributed by atoms with van der Waals surface area (Å²) in [6, 6.07) is 33.1. The van der Waals surface area contributed by atoms with Gasteiger partial charge in [0.05, 0.1) is 17.9 Å². The molecule has 0 aliphatic heterocycles. The third-order valence-electron chi connectivity index (χ3n) is 7.09. The first-order valence-electron chi connectivity index (χ1n) is 13.2. The van der Waals surface area contributed by atoms with Crippen LogP contribution in [0.5, 0.6) is 11.5 Å². The van der Waals surface area contributed by atoms with Crippen molar-refractivity contribution in [3.05, 3.63) is 119 Å². The van der Waals surface area contributed by atoms with Gasteiger partial charge in [0.1, 0.15) is 43.5 Å². The lowest BCUT2D eigenvalue weighted by molar-refractivity contribution is 0.0229. The lowest BCUT2D eigenvalue weighted by atomic mass is 9.68. The Balaban J connectivity index is 1.52. The first-order chi connectivity index (χ1) is 19.6. The van der Waals surface area contributed by atoms with Crippen LogP contribution < -0.4 is 9.47 Å². The van der Waals surface area contributed by atoms with E-state index in [2.05, 4.69) is 78.7 Å². The Labute approximate surface area is 239 Å². The van der Waals surface area contributed by atoms with Crippen LogP contribution in [0.2, 0.25) is 0 Å². The molecule has 0 amide bonds. The lowest BCUT2D eigenvalue weighted by Crippen LogP contribution is -2.28. The van der Waals surface area contributed by atoms with E-state index >= 15 is 0 Å². The first-order valence-corrected chi connectivity index (χ1v) is 13.7. The summed E-state index contributed by atoms with van der Waals surface area (Å²) in [7, 11) is 0. The highest BCUT2D eigenvalue weighted by atomic mass is 35.5. The highest BCUT2D eigenvalue weighted by molar-refractivity contribution is 6.18. The van der Waals surface area contributed by atoms with Gasteiger partial charge in [0.2, 0.25) is 0 Å². The zero-order valence-corrected chi connectivity index (χ0v) is 22.8. The molecule has 4 aromatic carbocycles. The molecule has 1 aliphatic rings. The molecular formula is C34H31ClO5. The number of ether oxygens (including phenoxy) is 3. The van der Waals surface area contributed by atoms with Gasteiger partial charge >= 0.3 is 0 Å². The zero-order valence-electron chi connectivity index (χ0n) is 22.0. The number of alkyl halides is 1. The van der Waals surface area contributed by atoms with Crippen molar-refractivity contribution < 1.29 is 24.4 Å². The third kappa shape index (κ3) is 5.45. The van der Waals surface area contributed by atoms with Crippen LogP contribution in [0.1, 0.15) is 22.3 Å². The summed E-state index contributed by atoms with van der Waals surface area (Å²) in [6.07, 6.45) is 3.69. The van der Waals surface area contributed by atoms with Crippen molar-refractivity contribution in [2.75, 3.05) is 32.3 Å². The van der Waals surface area contributed by atoms with Crippen LogP contribution in [0, 0.1) is 12.3 Å². The molecule has 2 unspecified atom stereocenters. The number of hydrogen-bond donors (Lipinski definition) is 2. The van der Waals surface area contributed by atoms with Crippen LogP contribution in [-0.4, -0.2) is 54.7 Å². The second kappa shape index (κ2) is 12.6. The largest absolute Gasteiger partial charge is 0.491 e. The molecule has 0 aromatic heterocycles.